The van der Waals surface area contributed by atoms with E-state index in [0.717, 1.165) is 12.8 Å². The molecule has 6 heteroatoms. The van der Waals surface area contributed by atoms with E-state index in [-0.39, 0.29) is 17.8 Å². The van der Waals surface area contributed by atoms with Crippen molar-refractivity contribution >= 4 is 5.69 Å². The summed E-state index contributed by atoms with van der Waals surface area (Å²) in [6.07, 6.45) is 1.81. The van der Waals surface area contributed by atoms with Crippen molar-refractivity contribution in [2.45, 2.75) is 32.9 Å². The molecule has 22 heavy (non-hydrogen) atoms. The second-order valence-electron chi connectivity index (χ2n) is 5.07. The number of benzene rings is 1. The van der Waals surface area contributed by atoms with Crippen LogP contribution in [0.25, 0.3) is 11.3 Å². The van der Waals surface area contributed by atoms with Gasteiger partial charge in [-0.2, -0.15) is 0 Å². The standard InChI is InChI=1S/C16H19N3O3/c1-2-3-9-18-15(8-7-13(11-17)16(18)20)12-5-4-6-14(10-12)19(21)22/h4-8,10H,2-3,9,11,17H2,1H3. The number of nitrogens with two attached hydrogens (primary N) is 1. The molecule has 0 aliphatic heterocycles. The highest BCUT2D eigenvalue weighted by atomic mass is 16.6. The largest absolute Gasteiger partial charge is 0.326 e. The minimum atomic E-state index is -0.438. The first-order valence-corrected chi connectivity index (χ1v) is 7.26. The first-order chi connectivity index (χ1) is 10.6. The van der Waals surface area contributed by atoms with Crippen molar-refractivity contribution in [1.82, 2.24) is 4.57 Å². The Morgan fingerprint density at radius 3 is 2.68 bits per heavy atom. The third kappa shape index (κ3) is 3.23. The SMILES string of the molecule is CCCCn1c(-c2cccc([N+](=O)[O-])c2)ccc(CN)c1=O. The van der Waals surface area contributed by atoms with Crippen LogP contribution in [0.15, 0.2) is 41.2 Å². The second kappa shape index (κ2) is 7.00. The molecule has 1 heterocycles. The molecule has 0 radical (unpaired) electrons. The van der Waals surface area contributed by atoms with Crippen LogP contribution >= 0.6 is 0 Å². The van der Waals surface area contributed by atoms with Crippen molar-refractivity contribution in [2.24, 2.45) is 5.73 Å². The van der Waals surface area contributed by atoms with E-state index in [9.17, 15) is 14.9 Å². The van der Waals surface area contributed by atoms with Crippen molar-refractivity contribution in [2.75, 3.05) is 0 Å². The van der Waals surface area contributed by atoms with Gasteiger partial charge < -0.3 is 10.3 Å². The summed E-state index contributed by atoms with van der Waals surface area (Å²) in [7, 11) is 0. The molecule has 1 aromatic heterocycles. The number of unbranched alkanes of at least 4 members (excludes halogenated alkanes) is 1. The van der Waals surface area contributed by atoms with Crippen LogP contribution in [0.3, 0.4) is 0 Å². The van der Waals surface area contributed by atoms with E-state index in [0.29, 0.717) is 23.4 Å². The lowest BCUT2D eigenvalue weighted by Crippen LogP contribution is -2.26. The molecule has 0 saturated heterocycles. The maximum atomic E-state index is 12.5. The topological polar surface area (TPSA) is 91.2 Å². The lowest BCUT2D eigenvalue weighted by Gasteiger charge is -2.14. The monoisotopic (exact) mass is 301 g/mol. The molecule has 0 unspecified atom stereocenters. The fraction of sp³-hybridized carbons (Fsp3) is 0.312. The molecular formula is C16H19N3O3. The van der Waals surface area contributed by atoms with Crippen LogP contribution < -0.4 is 11.3 Å². The van der Waals surface area contributed by atoms with Gasteiger partial charge in [0.25, 0.3) is 11.2 Å². The quantitative estimate of drug-likeness (QED) is 0.656. The molecule has 6 nitrogen and oxygen atoms in total. The highest BCUT2D eigenvalue weighted by Gasteiger charge is 2.12. The van der Waals surface area contributed by atoms with E-state index in [1.807, 2.05) is 6.92 Å². The van der Waals surface area contributed by atoms with Crippen LogP contribution in [0.1, 0.15) is 25.3 Å². The van der Waals surface area contributed by atoms with Gasteiger partial charge in [0.05, 0.1) is 10.6 Å². The van der Waals surface area contributed by atoms with Crippen molar-refractivity contribution < 1.29 is 4.92 Å². The molecule has 116 valence electrons. The summed E-state index contributed by atoms with van der Waals surface area (Å²) in [5, 5.41) is 10.9. The van der Waals surface area contributed by atoms with Crippen LogP contribution in [-0.2, 0) is 13.1 Å². The minimum absolute atomic E-state index is 0.00916. The van der Waals surface area contributed by atoms with Gasteiger partial charge in [-0.05, 0) is 12.5 Å². The molecule has 0 atom stereocenters. The number of pyridine rings is 1. The Hall–Kier alpha value is -2.47. The summed E-state index contributed by atoms with van der Waals surface area (Å²) in [5.41, 5.74) is 7.37. The van der Waals surface area contributed by atoms with Crippen LogP contribution in [0, 0.1) is 10.1 Å². The highest BCUT2D eigenvalue weighted by Crippen LogP contribution is 2.23. The predicted molar refractivity (Wildman–Crippen MR) is 85.6 cm³/mol. The normalized spacial score (nSPS) is 10.6. The average Bonchev–Trinajstić information content (AvgIpc) is 2.53. The zero-order valence-electron chi connectivity index (χ0n) is 12.5. The Balaban J connectivity index is 2.59. The first-order valence-electron chi connectivity index (χ1n) is 7.26. The molecule has 0 saturated carbocycles. The van der Waals surface area contributed by atoms with Gasteiger partial charge in [-0.25, -0.2) is 0 Å². The summed E-state index contributed by atoms with van der Waals surface area (Å²) >= 11 is 0. The van der Waals surface area contributed by atoms with Crippen LogP contribution in [0.5, 0.6) is 0 Å². The fourth-order valence-corrected chi connectivity index (χ4v) is 2.35. The van der Waals surface area contributed by atoms with Gasteiger partial charge in [-0.3, -0.25) is 14.9 Å². The zero-order valence-corrected chi connectivity index (χ0v) is 12.5. The Morgan fingerprint density at radius 2 is 2.05 bits per heavy atom. The Kier molecular flexibility index (Phi) is 5.06. The fourth-order valence-electron chi connectivity index (χ4n) is 2.35. The number of non-ortho nitro benzene ring substituents is 1. The van der Waals surface area contributed by atoms with Crippen molar-refractivity contribution in [3.8, 4) is 11.3 Å². The number of nitro groups is 1. The van der Waals surface area contributed by atoms with E-state index >= 15 is 0 Å². The van der Waals surface area contributed by atoms with E-state index < -0.39 is 4.92 Å². The number of hydrogen-bond acceptors (Lipinski definition) is 4. The maximum Gasteiger partial charge on any atom is 0.270 e. The number of nitrogens with zero attached hydrogens (tertiary/aromatic N) is 2. The molecule has 2 N–H and O–H groups in total. The van der Waals surface area contributed by atoms with Gasteiger partial charge in [0.2, 0.25) is 0 Å². The molecule has 0 fully saturated rings. The lowest BCUT2D eigenvalue weighted by atomic mass is 10.1. The number of nitro benzene ring substituents is 1. The van der Waals surface area contributed by atoms with Gasteiger partial charge >= 0.3 is 0 Å². The smallest absolute Gasteiger partial charge is 0.270 e. The van der Waals surface area contributed by atoms with E-state index in [2.05, 4.69) is 0 Å². The van der Waals surface area contributed by atoms with Crippen LogP contribution in [0.4, 0.5) is 5.69 Å². The second-order valence-corrected chi connectivity index (χ2v) is 5.07. The van der Waals surface area contributed by atoms with Gasteiger partial charge in [-0.1, -0.05) is 31.5 Å². The predicted octanol–water partition coefficient (Wildman–Crippen LogP) is 2.68. The lowest BCUT2D eigenvalue weighted by molar-refractivity contribution is -0.384. The Morgan fingerprint density at radius 1 is 1.27 bits per heavy atom. The first kappa shape index (κ1) is 15.9. The number of hydrogen-bond donors (Lipinski definition) is 1. The average molecular weight is 301 g/mol. The maximum absolute atomic E-state index is 12.5. The molecule has 1 aromatic carbocycles. The minimum Gasteiger partial charge on any atom is -0.326 e. The summed E-state index contributed by atoms with van der Waals surface area (Å²) in [6, 6.07) is 9.81. The van der Waals surface area contributed by atoms with Gasteiger partial charge in [0, 0.05) is 36.3 Å². The molecule has 2 rings (SSSR count). The molecule has 0 bridgehead atoms. The Bertz CT molecular complexity index is 738. The van der Waals surface area contributed by atoms with Crippen LogP contribution in [0.2, 0.25) is 0 Å². The van der Waals surface area contributed by atoms with Gasteiger partial charge in [0.1, 0.15) is 0 Å². The van der Waals surface area contributed by atoms with Crippen molar-refractivity contribution in [1.29, 1.82) is 0 Å². The summed E-state index contributed by atoms with van der Waals surface area (Å²) in [4.78, 5) is 23.0. The van der Waals surface area contributed by atoms with Crippen molar-refractivity contribution in [3.05, 3.63) is 62.4 Å². The molecule has 0 aliphatic carbocycles. The third-order valence-corrected chi connectivity index (χ3v) is 3.56. The molecule has 0 aliphatic rings. The molecule has 2 aromatic rings. The van der Waals surface area contributed by atoms with Crippen molar-refractivity contribution in [3.63, 3.8) is 0 Å². The third-order valence-electron chi connectivity index (χ3n) is 3.56. The van der Waals surface area contributed by atoms with E-state index in [1.54, 1.807) is 28.8 Å². The highest BCUT2D eigenvalue weighted by molar-refractivity contribution is 5.63. The number of aromatic nitrogens is 1. The van der Waals surface area contributed by atoms with Gasteiger partial charge in [0.15, 0.2) is 0 Å². The summed E-state index contributed by atoms with van der Waals surface area (Å²) < 4.78 is 1.66. The summed E-state index contributed by atoms with van der Waals surface area (Å²) in [6.45, 7) is 2.80. The Labute approximate surface area is 128 Å². The number of rotatable bonds is 6. The van der Waals surface area contributed by atoms with Gasteiger partial charge in [-0.15, -0.1) is 0 Å². The molecule has 0 amide bonds. The van der Waals surface area contributed by atoms with E-state index in [1.165, 1.54) is 12.1 Å². The zero-order chi connectivity index (χ0) is 16.1. The van der Waals surface area contributed by atoms with E-state index in [4.69, 9.17) is 5.73 Å². The molecular weight excluding hydrogens is 282 g/mol. The molecule has 0 spiro atoms. The van der Waals surface area contributed by atoms with Crippen LogP contribution in [-0.4, -0.2) is 9.49 Å². The summed E-state index contributed by atoms with van der Waals surface area (Å²) in [5.74, 6) is 0.